The van der Waals surface area contributed by atoms with Crippen molar-refractivity contribution >= 4 is 28.6 Å². The predicted octanol–water partition coefficient (Wildman–Crippen LogP) is 5.34. The minimum Gasteiger partial charge on any atom is -0.322 e. The molecule has 148 valence electrons. The van der Waals surface area contributed by atoms with Crippen molar-refractivity contribution in [1.82, 2.24) is 9.97 Å². The molecule has 0 fully saturated rings. The molecule has 2 heterocycles. The molecule has 0 atom stereocenters. The molecule has 7 nitrogen and oxygen atoms in total. The molecule has 0 aliphatic heterocycles. The zero-order valence-corrected chi connectivity index (χ0v) is 16.7. The molecule has 0 spiro atoms. The number of hydrogen-bond donors (Lipinski definition) is 1. The maximum atomic E-state index is 12.6. The van der Waals surface area contributed by atoms with Crippen LogP contribution in [0, 0.1) is 17.0 Å². The van der Waals surface area contributed by atoms with E-state index in [9.17, 15) is 14.9 Å². The first-order valence-electron chi connectivity index (χ1n) is 9.05. The number of carbonyl (C=O) groups is 1. The van der Waals surface area contributed by atoms with E-state index in [1.807, 2.05) is 41.8 Å². The van der Waals surface area contributed by atoms with Crippen molar-refractivity contribution in [2.24, 2.45) is 0 Å². The summed E-state index contributed by atoms with van der Waals surface area (Å²) in [5, 5.41) is 16.6. The Labute approximate surface area is 176 Å². The van der Waals surface area contributed by atoms with Gasteiger partial charge in [0.05, 0.1) is 16.3 Å². The quantitative estimate of drug-likeness (QED) is 0.350. The fourth-order valence-corrected chi connectivity index (χ4v) is 3.78. The minimum absolute atomic E-state index is 0.0132. The van der Waals surface area contributed by atoms with E-state index in [-0.39, 0.29) is 11.6 Å². The number of nitro benzene ring substituents is 1. The van der Waals surface area contributed by atoms with Crippen molar-refractivity contribution in [1.29, 1.82) is 0 Å². The monoisotopic (exact) mass is 416 g/mol. The molecule has 0 bridgehead atoms. The average molecular weight is 416 g/mol. The van der Waals surface area contributed by atoms with Gasteiger partial charge >= 0.3 is 0 Å². The topological polar surface area (TPSA) is 98.0 Å². The number of aryl methyl sites for hydroxylation is 1. The van der Waals surface area contributed by atoms with Crippen molar-refractivity contribution < 1.29 is 9.72 Å². The van der Waals surface area contributed by atoms with E-state index >= 15 is 0 Å². The van der Waals surface area contributed by atoms with E-state index < -0.39 is 4.92 Å². The molecule has 1 amide bonds. The highest BCUT2D eigenvalue weighted by atomic mass is 32.1. The van der Waals surface area contributed by atoms with Gasteiger partial charge in [-0.05, 0) is 43.3 Å². The summed E-state index contributed by atoms with van der Waals surface area (Å²) in [4.78, 5) is 32.0. The first-order valence-corrected chi connectivity index (χ1v) is 9.93. The second kappa shape index (κ2) is 8.22. The summed E-state index contributed by atoms with van der Waals surface area (Å²) in [7, 11) is 0. The summed E-state index contributed by atoms with van der Waals surface area (Å²) in [6.45, 7) is 1.61. The van der Waals surface area contributed by atoms with Gasteiger partial charge in [0, 0.05) is 40.0 Å². The maximum absolute atomic E-state index is 12.6. The number of benzene rings is 2. The Hall–Kier alpha value is -3.91. The van der Waals surface area contributed by atoms with Crippen LogP contribution in [0.3, 0.4) is 0 Å². The van der Waals surface area contributed by atoms with Gasteiger partial charge in [0.1, 0.15) is 5.01 Å². The van der Waals surface area contributed by atoms with Crippen LogP contribution in [-0.2, 0) is 0 Å². The fourth-order valence-electron chi connectivity index (χ4n) is 2.97. The van der Waals surface area contributed by atoms with E-state index in [1.165, 1.54) is 29.5 Å². The van der Waals surface area contributed by atoms with Crippen LogP contribution in [0.2, 0.25) is 0 Å². The van der Waals surface area contributed by atoms with Gasteiger partial charge in [-0.3, -0.25) is 19.9 Å². The summed E-state index contributed by atoms with van der Waals surface area (Å²) in [5.41, 5.74) is 3.86. The molecule has 2 aromatic heterocycles. The zero-order valence-electron chi connectivity index (χ0n) is 15.9. The molecule has 0 aliphatic carbocycles. The zero-order chi connectivity index (χ0) is 21.1. The third-order valence-corrected chi connectivity index (χ3v) is 5.32. The van der Waals surface area contributed by atoms with Gasteiger partial charge in [-0.15, -0.1) is 11.3 Å². The number of pyridine rings is 1. The molecule has 4 aromatic rings. The molecule has 8 heteroatoms. The summed E-state index contributed by atoms with van der Waals surface area (Å²) in [5.74, 6) is -0.336. The van der Waals surface area contributed by atoms with Crippen molar-refractivity contribution in [3.8, 4) is 22.0 Å². The number of nitro groups is 1. The first kappa shape index (κ1) is 19.4. The third-order valence-electron chi connectivity index (χ3n) is 4.46. The van der Waals surface area contributed by atoms with Crippen LogP contribution in [0.15, 0.2) is 72.2 Å². The largest absolute Gasteiger partial charge is 0.322 e. The fraction of sp³-hybridized carbons (Fsp3) is 0.0455. The Morgan fingerprint density at radius 2 is 1.93 bits per heavy atom. The van der Waals surface area contributed by atoms with Crippen LogP contribution >= 0.6 is 11.3 Å². The number of nitrogens with one attached hydrogen (secondary N) is 1. The highest BCUT2D eigenvalue weighted by Crippen LogP contribution is 2.29. The van der Waals surface area contributed by atoms with Gasteiger partial charge < -0.3 is 5.32 Å². The molecule has 30 heavy (non-hydrogen) atoms. The van der Waals surface area contributed by atoms with Crippen molar-refractivity contribution in [2.75, 3.05) is 5.32 Å². The number of hydrogen-bond acceptors (Lipinski definition) is 6. The van der Waals surface area contributed by atoms with Crippen LogP contribution in [-0.4, -0.2) is 20.8 Å². The van der Waals surface area contributed by atoms with Crippen LogP contribution < -0.4 is 5.32 Å². The lowest BCUT2D eigenvalue weighted by molar-refractivity contribution is -0.385. The van der Waals surface area contributed by atoms with Crippen LogP contribution in [0.25, 0.3) is 22.0 Å². The Bertz CT molecular complexity index is 1240. The highest BCUT2D eigenvalue weighted by molar-refractivity contribution is 7.13. The smallest absolute Gasteiger partial charge is 0.272 e. The number of amides is 1. The van der Waals surface area contributed by atoms with Crippen molar-refractivity contribution in [3.05, 3.63) is 93.5 Å². The lowest BCUT2D eigenvalue weighted by atomic mass is 10.1. The van der Waals surface area contributed by atoms with Crippen LogP contribution in [0.4, 0.5) is 11.4 Å². The molecule has 0 unspecified atom stereocenters. The Kier molecular flexibility index (Phi) is 5.32. The molecule has 0 radical (unpaired) electrons. The maximum Gasteiger partial charge on any atom is 0.272 e. The summed E-state index contributed by atoms with van der Waals surface area (Å²) in [6, 6.07) is 17.4. The Morgan fingerprint density at radius 1 is 1.07 bits per heavy atom. The number of nitrogens with zero attached hydrogens (tertiary/aromatic N) is 3. The summed E-state index contributed by atoms with van der Waals surface area (Å²) >= 11 is 1.50. The Balaban J connectivity index is 1.54. The summed E-state index contributed by atoms with van der Waals surface area (Å²) in [6.07, 6.45) is 1.73. The summed E-state index contributed by atoms with van der Waals surface area (Å²) < 4.78 is 0. The number of carbonyl (C=O) groups excluding carboxylic acids is 1. The number of aromatic nitrogens is 2. The van der Waals surface area contributed by atoms with Crippen LogP contribution in [0.1, 0.15) is 15.9 Å². The predicted molar refractivity (Wildman–Crippen MR) is 117 cm³/mol. The van der Waals surface area contributed by atoms with Gasteiger partial charge in [0.2, 0.25) is 0 Å². The number of thiazole rings is 1. The molecule has 0 aliphatic rings. The molecular weight excluding hydrogens is 400 g/mol. The van der Waals surface area contributed by atoms with Gasteiger partial charge in [-0.1, -0.05) is 18.2 Å². The lowest BCUT2D eigenvalue weighted by Gasteiger charge is -2.07. The average Bonchev–Trinajstić information content (AvgIpc) is 3.24. The third kappa shape index (κ3) is 4.08. The molecule has 0 saturated heterocycles. The van der Waals surface area contributed by atoms with Gasteiger partial charge in [0.15, 0.2) is 0 Å². The molecule has 1 N–H and O–H groups in total. The number of anilines is 1. The molecule has 0 saturated carbocycles. The first-order chi connectivity index (χ1) is 14.5. The van der Waals surface area contributed by atoms with Gasteiger partial charge in [-0.25, -0.2) is 4.98 Å². The van der Waals surface area contributed by atoms with Crippen molar-refractivity contribution in [2.45, 2.75) is 6.92 Å². The normalized spacial score (nSPS) is 10.6. The van der Waals surface area contributed by atoms with Gasteiger partial charge in [0.25, 0.3) is 11.6 Å². The van der Waals surface area contributed by atoms with Crippen LogP contribution in [0.5, 0.6) is 0 Å². The Morgan fingerprint density at radius 3 is 2.67 bits per heavy atom. The van der Waals surface area contributed by atoms with E-state index in [0.29, 0.717) is 16.8 Å². The molecule has 2 aromatic carbocycles. The number of rotatable bonds is 5. The standard InChI is InChI=1S/C22H16N4O3S/c1-14-11-16(8-9-20(14)26(28)29)21(27)24-17-6-4-5-15(12-17)19-13-30-22(25-19)18-7-2-3-10-23-18/h2-13H,1H3,(H,24,27). The van der Waals surface area contributed by atoms with E-state index in [1.54, 1.807) is 19.2 Å². The molecule has 4 rings (SSSR count). The SMILES string of the molecule is Cc1cc(C(=O)Nc2cccc(-c3csc(-c4ccccn4)n3)c2)ccc1[N+](=O)[O-]. The second-order valence-electron chi connectivity index (χ2n) is 6.55. The van der Waals surface area contributed by atoms with E-state index in [0.717, 1.165) is 22.0 Å². The minimum atomic E-state index is -0.465. The van der Waals surface area contributed by atoms with Gasteiger partial charge in [-0.2, -0.15) is 0 Å². The lowest BCUT2D eigenvalue weighted by Crippen LogP contribution is -2.12. The highest BCUT2D eigenvalue weighted by Gasteiger charge is 2.14. The van der Waals surface area contributed by atoms with E-state index in [2.05, 4.69) is 15.3 Å². The van der Waals surface area contributed by atoms with Crippen molar-refractivity contribution in [3.63, 3.8) is 0 Å². The van der Waals surface area contributed by atoms with E-state index in [4.69, 9.17) is 0 Å². The second-order valence-corrected chi connectivity index (χ2v) is 7.40. The molecular formula is C22H16N4O3S.